The molecular weight excluding hydrogens is 219 g/mol. The molecule has 2 heterocycles. The molecule has 0 amide bonds. The molecule has 0 unspecified atom stereocenters. The lowest BCUT2D eigenvalue weighted by Gasteiger charge is -2.14. The van der Waals surface area contributed by atoms with E-state index in [1.165, 1.54) is 18.5 Å². The van der Waals surface area contributed by atoms with Crippen LogP contribution in [0.2, 0.25) is 0 Å². The van der Waals surface area contributed by atoms with Crippen molar-refractivity contribution in [2.45, 2.75) is 24.6 Å². The van der Waals surface area contributed by atoms with Crippen molar-refractivity contribution in [1.29, 1.82) is 0 Å². The first-order valence-corrected chi connectivity index (χ1v) is 4.76. The maximum Gasteiger partial charge on any atom is 0.349 e. The van der Waals surface area contributed by atoms with Crippen LogP contribution in [-0.2, 0) is 4.74 Å². The number of hydrogen-bond donors (Lipinski definition) is 2. The third-order valence-corrected chi connectivity index (χ3v) is 2.49. The van der Waals surface area contributed by atoms with Gasteiger partial charge in [0.2, 0.25) is 0 Å². The Labute approximate surface area is 89.9 Å². The first kappa shape index (κ1) is 11.2. The highest BCUT2D eigenvalue weighted by Crippen LogP contribution is 2.30. The van der Waals surface area contributed by atoms with Gasteiger partial charge in [0.15, 0.2) is 12.4 Å². The van der Waals surface area contributed by atoms with Crippen molar-refractivity contribution in [2.24, 2.45) is 0 Å². The Morgan fingerprint density at radius 2 is 2.38 bits per heavy atom. The van der Waals surface area contributed by atoms with Crippen LogP contribution in [-0.4, -0.2) is 44.8 Å². The van der Waals surface area contributed by atoms with E-state index in [1.807, 2.05) is 0 Å². The van der Waals surface area contributed by atoms with Crippen LogP contribution >= 0.6 is 0 Å². The number of rotatable bonds is 2. The maximum atomic E-state index is 13.6. The lowest BCUT2D eigenvalue weighted by molar-refractivity contribution is -0.0491. The van der Waals surface area contributed by atoms with Gasteiger partial charge in [-0.15, -0.1) is 0 Å². The number of aliphatic hydroxyl groups is 2. The Balaban J connectivity index is 2.30. The van der Waals surface area contributed by atoms with Gasteiger partial charge in [-0.1, -0.05) is 0 Å². The summed E-state index contributed by atoms with van der Waals surface area (Å²) in [5.74, 6) is 0. The first-order chi connectivity index (χ1) is 7.65. The van der Waals surface area contributed by atoms with E-state index in [2.05, 4.69) is 4.98 Å². The Bertz CT molecular complexity index is 424. The zero-order chi connectivity index (χ0) is 11.7. The molecule has 1 aliphatic rings. The van der Waals surface area contributed by atoms with E-state index in [0.29, 0.717) is 0 Å². The maximum absolute atomic E-state index is 13.6. The summed E-state index contributed by atoms with van der Waals surface area (Å²) in [5.41, 5.74) is -0.666. The molecule has 0 bridgehead atoms. The zero-order valence-electron chi connectivity index (χ0n) is 8.23. The summed E-state index contributed by atoms with van der Waals surface area (Å²) in [4.78, 5) is 14.8. The highest BCUT2D eigenvalue weighted by molar-refractivity contribution is 4.92. The summed E-state index contributed by atoms with van der Waals surface area (Å²) in [7, 11) is 0. The Kier molecular flexibility index (Phi) is 2.99. The van der Waals surface area contributed by atoms with Crippen molar-refractivity contribution in [3.05, 3.63) is 28.9 Å². The van der Waals surface area contributed by atoms with Gasteiger partial charge in [-0.3, -0.25) is 4.57 Å². The average Bonchev–Trinajstić information content (AvgIpc) is 2.57. The van der Waals surface area contributed by atoms with E-state index in [-0.39, 0.29) is 0 Å². The van der Waals surface area contributed by atoms with Gasteiger partial charge in [-0.25, -0.2) is 14.2 Å². The molecule has 4 atom stereocenters. The quantitative estimate of drug-likeness (QED) is 0.669. The molecule has 1 saturated heterocycles. The summed E-state index contributed by atoms with van der Waals surface area (Å²) >= 11 is 0. The van der Waals surface area contributed by atoms with Crippen LogP contribution in [0.1, 0.15) is 6.23 Å². The van der Waals surface area contributed by atoms with E-state index in [0.717, 1.165) is 4.57 Å². The van der Waals surface area contributed by atoms with Gasteiger partial charge in [0.05, 0.1) is 6.61 Å². The molecule has 1 aromatic heterocycles. The molecule has 0 radical (unpaired) electrons. The second kappa shape index (κ2) is 4.28. The molecule has 6 nitrogen and oxygen atoms in total. The minimum Gasteiger partial charge on any atom is -0.394 e. The smallest absolute Gasteiger partial charge is 0.349 e. The number of hydrogen-bond acceptors (Lipinski definition) is 5. The minimum absolute atomic E-state index is 0.507. The predicted molar refractivity (Wildman–Crippen MR) is 50.4 cm³/mol. The average molecular weight is 230 g/mol. The summed E-state index contributed by atoms with van der Waals surface area (Å²) in [5, 5.41) is 18.2. The number of ether oxygens (including phenoxy) is 1. The largest absolute Gasteiger partial charge is 0.394 e. The normalized spacial score (nSPS) is 34.2. The van der Waals surface area contributed by atoms with E-state index >= 15 is 0 Å². The predicted octanol–water partition coefficient (Wildman–Crippen LogP) is -1.17. The second-order valence-corrected chi connectivity index (χ2v) is 3.49. The highest BCUT2D eigenvalue weighted by Gasteiger charge is 2.45. The molecule has 7 heteroatoms. The standard InChI is InChI=1S/C9H11FN2O4/c10-6-7(14)5(4-13)16-8(6)12-3-1-2-11-9(12)15/h1-3,5-8,13-14H,4H2/t5-,6-,7+,8+/m0/s1. The molecule has 16 heavy (non-hydrogen) atoms. The number of nitrogens with zero attached hydrogens (tertiary/aromatic N) is 2. The summed E-state index contributed by atoms with van der Waals surface area (Å²) in [6.45, 7) is -0.507. The van der Waals surface area contributed by atoms with Gasteiger partial charge in [0.1, 0.15) is 12.2 Å². The molecular formula is C9H11FN2O4. The van der Waals surface area contributed by atoms with Crippen LogP contribution in [0.5, 0.6) is 0 Å². The van der Waals surface area contributed by atoms with Gasteiger partial charge in [0, 0.05) is 12.4 Å². The minimum atomic E-state index is -1.76. The molecule has 2 N–H and O–H groups in total. The Morgan fingerprint density at radius 3 is 2.94 bits per heavy atom. The van der Waals surface area contributed by atoms with Crippen molar-refractivity contribution in [2.75, 3.05) is 6.61 Å². The van der Waals surface area contributed by atoms with Crippen molar-refractivity contribution in [1.82, 2.24) is 9.55 Å². The fourth-order valence-electron chi connectivity index (χ4n) is 1.64. The van der Waals surface area contributed by atoms with E-state index in [1.54, 1.807) is 0 Å². The first-order valence-electron chi connectivity index (χ1n) is 4.76. The number of halogens is 1. The molecule has 1 fully saturated rings. The number of aromatic nitrogens is 2. The molecule has 0 saturated carbocycles. The Morgan fingerprint density at radius 1 is 1.62 bits per heavy atom. The van der Waals surface area contributed by atoms with Gasteiger partial charge in [0.25, 0.3) is 0 Å². The molecule has 0 aliphatic carbocycles. The second-order valence-electron chi connectivity index (χ2n) is 3.49. The van der Waals surface area contributed by atoms with Crippen LogP contribution in [0.4, 0.5) is 4.39 Å². The molecule has 2 rings (SSSR count). The zero-order valence-corrected chi connectivity index (χ0v) is 8.23. The Hall–Kier alpha value is -1.31. The van der Waals surface area contributed by atoms with Gasteiger partial charge >= 0.3 is 5.69 Å². The fourth-order valence-corrected chi connectivity index (χ4v) is 1.64. The van der Waals surface area contributed by atoms with Crippen LogP contribution in [0.3, 0.4) is 0 Å². The van der Waals surface area contributed by atoms with Crippen molar-refractivity contribution in [3.63, 3.8) is 0 Å². The summed E-state index contributed by atoms with van der Waals surface area (Å²) in [6.07, 6.45) is -2.87. The van der Waals surface area contributed by atoms with E-state index in [9.17, 15) is 14.3 Å². The van der Waals surface area contributed by atoms with Gasteiger partial charge in [-0.05, 0) is 6.07 Å². The molecule has 1 aromatic rings. The lowest BCUT2D eigenvalue weighted by atomic mass is 10.1. The fraction of sp³-hybridized carbons (Fsp3) is 0.556. The van der Waals surface area contributed by atoms with Gasteiger partial charge < -0.3 is 14.9 Å². The van der Waals surface area contributed by atoms with Crippen molar-refractivity contribution < 1.29 is 19.3 Å². The van der Waals surface area contributed by atoms with Crippen LogP contribution < -0.4 is 5.69 Å². The number of aliphatic hydroxyl groups excluding tert-OH is 2. The van der Waals surface area contributed by atoms with Crippen molar-refractivity contribution in [3.8, 4) is 0 Å². The summed E-state index contributed by atoms with van der Waals surface area (Å²) in [6, 6.07) is 1.45. The van der Waals surface area contributed by atoms with Crippen LogP contribution in [0.15, 0.2) is 23.3 Å². The van der Waals surface area contributed by atoms with Crippen molar-refractivity contribution >= 4 is 0 Å². The molecule has 0 spiro atoms. The highest BCUT2D eigenvalue weighted by atomic mass is 19.1. The number of alkyl halides is 1. The third kappa shape index (κ3) is 1.73. The van der Waals surface area contributed by atoms with E-state index < -0.39 is 36.9 Å². The van der Waals surface area contributed by atoms with E-state index in [4.69, 9.17) is 9.84 Å². The van der Waals surface area contributed by atoms with Crippen LogP contribution in [0, 0.1) is 0 Å². The third-order valence-electron chi connectivity index (χ3n) is 2.49. The topological polar surface area (TPSA) is 84.6 Å². The molecule has 0 aromatic carbocycles. The summed E-state index contributed by atoms with van der Waals surface area (Å²) < 4.78 is 19.6. The molecule has 1 aliphatic heterocycles. The SMILES string of the molecule is O=c1ncccn1[C@@H]1O[C@@H](CO)[C@@H](O)[C@@H]1F. The lowest BCUT2D eigenvalue weighted by Crippen LogP contribution is -2.33. The van der Waals surface area contributed by atoms with Gasteiger partial charge in [-0.2, -0.15) is 0 Å². The molecule has 88 valence electrons. The monoisotopic (exact) mass is 230 g/mol. The van der Waals surface area contributed by atoms with Crippen LogP contribution in [0.25, 0.3) is 0 Å².